The first kappa shape index (κ1) is 16.2. The molecule has 0 spiro atoms. The van der Waals surface area contributed by atoms with Crippen LogP contribution < -0.4 is 5.32 Å². The van der Waals surface area contributed by atoms with E-state index in [1.807, 2.05) is 26.0 Å². The van der Waals surface area contributed by atoms with Crippen LogP contribution in [0.5, 0.6) is 0 Å². The molecule has 4 rings (SSSR count). The van der Waals surface area contributed by atoms with Crippen LogP contribution in [0.15, 0.2) is 54.9 Å². The summed E-state index contributed by atoms with van der Waals surface area (Å²) in [5, 5.41) is 11.6. The minimum Gasteiger partial charge on any atom is -0.362 e. The lowest BCUT2D eigenvalue weighted by Crippen LogP contribution is -2.08. The molecular formula is C20H18FN5. The summed E-state index contributed by atoms with van der Waals surface area (Å²) >= 11 is 0. The lowest BCUT2D eigenvalue weighted by Gasteiger charge is -2.15. The first-order valence-electron chi connectivity index (χ1n) is 8.39. The highest BCUT2D eigenvalue weighted by Crippen LogP contribution is 2.25. The maximum atomic E-state index is 13.1. The molecule has 26 heavy (non-hydrogen) atoms. The number of nitrogens with one attached hydrogen (secondary N) is 2. The molecular weight excluding hydrogens is 329 g/mol. The van der Waals surface area contributed by atoms with E-state index >= 15 is 0 Å². The summed E-state index contributed by atoms with van der Waals surface area (Å²) in [7, 11) is 0. The van der Waals surface area contributed by atoms with Crippen LogP contribution in [-0.4, -0.2) is 20.2 Å². The van der Waals surface area contributed by atoms with E-state index in [1.54, 1.807) is 24.5 Å². The van der Waals surface area contributed by atoms with Crippen molar-refractivity contribution in [1.82, 2.24) is 20.2 Å². The number of aromatic nitrogens is 4. The molecule has 0 aliphatic carbocycles. The van der Waals surface area contributed by atoms with Crippen molar-refractivity contribution >= 4 is 16.7 Å². The van der Waals surface area contributed by atoms with Gasteiger partial charge in [0.25, 0.3) is 0 Å². The second-order valence-corrected chi connectivity index (χ2v) is 6.29. The summed E-state index contributed by atoms with van der Waals surface area (Å²) in [6.07, 6.45) is 3.43. The van der Waals surface area contributed by atoms with Crippen molar-refractivity contribution in [2.75, 3.05) is 5.32 Å². The Morgan fingerprint density at radius 3 is 2.69 bits per heavy atom. The molecule has 0 fully saturated rings. The van der Waals surface area contributed by atoms with E-state index in [2.05, 4.69) is 31.5 Å². The van der Waals surface area contributed by atoms with E-state index in [1.165, 1.54) is 12.1 Å². The average Bonchev–Trinajstić information content (AvgIpc) is 3.03. The fourth-order valence-corrected chi connectivity index (χ4v) is 2.93. The number of hydrogen-bond donors (Lipinski definition) is 2. The van der Waals surface area contributed by atoms with Gasteiger partial charge >= 0.3 is 0 Å². The highest BCUT2D eigenvalue weighted by atomic mass is 19.1. The monoisotopic (exact) mass is 347 g/mol. The third kappa shape index (κ3) is 3.13. The molecule has 2 N–H and O–H groups in total. The molecule has 0 aliphatic rings. The number of anilines is 1. The Morgan fingerprint density at radius 2 is 1.88 bits per heavy atom. The second kappa shape index (κ2) is 6.55. The third-order valence-electron chi connectivity index (χ3n) is 4.41. The Kier molecular flexibility index (Phi) is 4.08. The molecule has 0 saturated carbocycles. The number of hydrogen-bond acceptors (Lipinski definition) is 4. The smallest absolute Gasteiger partial charge is 0.145 e. The maximum Gasteiger partial charge on any atom is 0.145 e. The fourth-order valence-electron chi connectivity index (χ4n) is 2.93. The van der Waals surface area contributed by atoms with Crippen LogP contribution in [0.1, 0.15) is 24.2 Å². The Labute approximate surface area is 150 Å². The third-order valence-corrected chi connectivity index (χ3v) is 4.41. The van der Waals surface area contributed by atoms with Gasteiger partial charge in [-0.25, -0.2) is 9.37 Å². The summed E-state index contributed by atoms with van der Waals surface area (Å²) < 4.78 is 13.1. The van der Waals surface area contributed by atoms with Gasteiger partial charge in [0.15, 0.2) is 0 Å². The summed E-state index contributed by atoms with van der Waals surface area (Å²) in [6.45, 7) is 4.00. The first-order valence-corrected chi connectivity index (χ1v) is 8.39. The Hall–Kier alpha value is -3.28. The normalized spacial score (nSPS) is 12.3. The molecule has 0 aliphatic heterocycles. The summed E-state index contributed by atoms with van der Waals surface area (Å²) in [4.78, 5) is 8.97. The van der Waals surface area contributed by atoms with Gasteiger partial charge in [-0.05, 0) is 43.7 Å². The fraction of sp³-hybridized carbons (Fsp3) is 0.150. The van der Waals surface area contributed by atoms with Gasteiger partial charge in [0.05, 0.1) is 23.6 Å². The van der Waals surface area contributed by atoms with Crippen LogP contribution in [0.25, 0.3) is 22.2 Å². The van der Waals surface area contributed by atoms with Gasteiger partial charge in [0, 0.05) is 22.7 Å². The van der Waals surface area contributed by atoms with Crippen molar-refractivity contribution < 1.29 is 4.39 Å². The molecule has 2 aromatic carbocycles. The van der Waals surface area contributed by atoms with Crippen LogP contribution >= 0.6 is 0 Å². The first-order chi connectivity index (χ1) is 12.6. The van der Waals surface area contributed by atoms with Gasteiger partial charge < -0.3 is 5.32 Å². The lowest BCUT2D eigenvalue weighted by atomic mass is 10.1. The zero-order valence-corrected chi connectivity index (χ0v) is 14.5. The molecule has 2 aromatic heterocycles. The molecule has 2 heterocycles. The molecule has 5 nitrogen and oxygen atoms in total. The van der Waals surface area contributed by atoms with Crippen molar-refractivity contribution in [3.63, 3.8) is 0 Å². The van der Waals surface area contributed by atoms with Crippen molar-refractivity contribution in [2.45, 2.75) is 19.9 Å². The molecule has 0 unspecified atom stereocenters. The number of aromatic amines is 1. The largest absolute Gasteiger partial charge is 0.362 e. The lowest BCUT2D eigenvalue weighted by molar-refractivity contribution is 0.626. The summed E-state index contributed by atoms with van der Waals surface area (Å²) in [5.41, 5.74) is 4.69. The predicted molar refractivity (Wildman–Crippen MR) is 100 cm³/mol. The number of aryl methyl sites for hydroxylation is 1. The molecule has 0 amide bonds. The van der Waals surface area contributed by atoms with Gasteiger partial charge in [0.1, 0.15) is 11.6 Å². The molecule has 4 aromatic rings. The molecule has 0 radical (unpaired) electrons. The van der Waals surface area contributed by atoms with Crippen LogP contribution in [0.2, 0.25) is 0 Å². The van der Waals surface area contributed by atoms with Crippen molar-refractivity contribution in [1.29, 1.82) is 0 Å². The Morgan fingerprint density at radius 1 is 1.08 bits per heavy atom. The molecule has 130 valence electrons. The van der Waals surface area contributed by atoms with Crippen LogP contribution in [0, 0.1) is 12.7 Å². The van der Waals surface area contributed by atoms with E-state index < -0.39 is 0 Å². The topological polar surface area (TPSA) is 66.5 Å². The number of benzene rings is 2. The van der Waals surface area contributed by atoms with Crippen LogP contribution in [0.3, 0.4) is 0 Å². The zero-order chi connectivity index (χ0) is 18.1. The highest BCUT2D eigenvalue weighted by molar-refractivity contribution is 5.85. The zero-order valence-electron chi connectivity index (χ0n) is 14.5. The number of rotatable bonds is 4. The molecule has 0 bridgehead atoms. The highest BCUT2D eigenvalue weighted by Gasteiger charge is 2.09. The van der Waals surface area contributed by atoms with Crippen molar-refractivity contribution in [2.24, 2.45) is 0 Å². The predicted octanol–water partition coefficient (Wildman–Crippen LogP) is 4.64. The Bertz CT molecular complexity index is 1060. The standard InChI is InChI=1S/C20H18FN5/c1-12(14-3-6-16(21)7-4-14)23-20-11-22-10-19(24-20)15-5-8-18-17(9-15)13(2)25-26-18/h3-12H,1-2H3,(H,23,24)(H,25,26)/t12-/m1/s1. The number of nitrogens with zero attached hydrogens (tertiary/aromatic N) is 3. The number of H-pyrrole nitrogens is 1. The average molecular weight is 347 g/mol. The van der Waals surface area contributed by atoms with Gasteiger partial charge in [-0.1, -0.05) is 18.2 Å². The minimum atomic E-state index is -0.243. The number of halogens is 1. The van der Waals surface area contributed by atoms with E-state index in [0.29, 0.717) is 5.82 Å². The van der Waals surface area contributed by atoms with E-state index in [-0.39, 0.29) is 11.9 Å². The quantitative estimate of drug-likeness (QED) is 0.564. The van der Waals surface area contributed by atoms with Gasteiger partial charge in [-0.3, -0.25) is 10.1 Å². The second-order valence-electron chi connectivity index (χ2n) is 6.29. The van der Waals surface area contributed by atoms with Gasteiger partial charge in [-0.2, -0.15) is 5.10 Å². The van der Waals surface area contributed by atoms with Gasteiger partial charge in [-0.15, -0.1) is 0 Å². The molecule has 1 atom stereocenters. The molecule has 0 saturated heterocycles. The molecule has 6 heteroatoms. The SMILES string of the molecule is Cc1[nH]nc2ccc(-c3cncc(N[C@H](C)c4ccc(F)cc4)n3)cc12. The van der Waals surface area contributed by atoms with E-state index in [9.17, 15) is 4.39 Å². The van der Waals surface area contributed by atoms with E-state index in [4.69, 9.17) is 0 Å². The summed E-state index contributed by atoms with van der Waals surface area (Å²) in [6, 6.07) is 12.4. The van der Waals surface area contributed by atoms with Crippen molar-refractivity contribution in [3.05, 3.63) is 71.9 Å². The van der Waals surface area contributed by atoms with E-state index in [0.717, 1.165) is 33.4 Å². The summed E-state index contributed by atoms with van der Waals surface area (Å²) in [5.74, 6) is 0.427. The van der Waals surface area contributed by atoms with Crippen LogP contribution in [-0.2, 0) is 0 Å². The van der Waals surface area contributed by atoms with Crippen LogP contribution in [0.4, 0.5) is 10.2 Å². The van der Waals surface area contributed by atoms with Gasteiger partial charge in [0.2, 0.25) is 0 Å². The Balaban J connectivity index is 1.61. The van der Waals surface area contributed by atoms with Crippen molar-refractivity contribution in [3.8, 4) is 11.3 Å². The minimum absolute atomic E-state index is 0.0150. The number of fused-ring (bicyclic) bond motifs is 1. The maximum absolute atomic E-state index is 13.1.